The Hall–Kier alpha value is -3.80. The fourth-order valence-electron chi connectivity index (χ4n) is 4.27. The number of anilines is 1. The molecule has 2 heterocycles. The quantitative estimate of drug-likeness (QED) is 0.452. The second-order valence-corrected chi connectivity index (χ2v) is 7.80. The number of aromatic nitrogens is 1. The molecule has 0 atom stereocenters. The lowest BCUT2D eigenvalue weighted by Gasteiger charge is -2.36. The first-order valence-corrected chi connectivity index (χ1v) is 10.5. The summed E-state index contributed by atoms with van der Waals surface area (Å²) in [5.74, 6) is -1.43. The monoisotopic (exact) mass is 429 g/mol. The Morgan fingerprint density at radius 1 is 0.812 bits per heavy atom. The molecule has 0 radical (unpaired) electrons. The third-order valence-electron chi connectivity index (χ3n) is 5.89. The van der Waals surface area contributed by atoms with E-state index in [4.69, 9.17) is 0 Å². The molecule has 6 heteroatoms. The van der Waals surface area contributed by atoms with Crippen molar-refractivity contribution < 1.29 is 13.6 Å². The number of carbonyl (C=O) groups excluding carboxylic acids is 1. The number of benzene rings is 3. The molecule has 1 aliphatic heterocycles. The maximum atomic E-state index is 14.2. The molecule has 0 unspecified atom stereocenters. The van der Waals surface area contributed by atoms with Gasteiger partial charge in [0.15, 0.2) is 0 Å². The summed E-state index contributed by atoms with van der Waals surface area (Å²) < 4.78 is 28.4. The second-order valence-electron chi connectivity index (χ2n) is 7.80. The summed E-state index contributed by atoms with van der Waals surface area (Å²) in [5.41, 5.74) is 2.72. The Kier molecular flexibility index (Phi) is 5.27. The first-order chi connectivity index (χ1) is 15.6. The molecule has 0 saturated carbocycles. The highest BCUT2D eigenvalue weighted by Gasteiger charge is 2.24. The van der Waals surface area contributed by atoms with Gasteiger partial charge in [-0.3, -0.25) is 9.78 Å². The van der Waals surface area contributed by atoms with E-state index in [2.05, 4.69) is 16.0 Å². The second kappa shape index (κ2) is 8.38. The Balaban J connectivity index is 1.34. The Morgan fingerprint density at radius 3 is 2.31 bits per heavy atom. The molecule has 1 amide bonds. The summed E-state index contributed by atoms with van der Waals surface area (Å²) in [6.07, 6.45) is 1.81. The van der Waals surface area contributed by atoms with Crippen molar-refractivity contribution in [1.29, 1.82) is 0 Å². The van der Waals surface area contributed by atoms with Gasteiger partial charge >= 0.3 is 0 Å². The van der Waals surface area contributed by atoms with Crippen LogP contribution >= 0.6 is 0 Å². The van der Waals surface area contributed by atoms with E-state index >= 15 is 0 Å². The van der Waals surface area contributed by atoms with Crippen molar-refractivity contribution in [2.24, 2.45) is 0 Å². The summed E-state index contributed by atoms with van der Waals surface area (Å²) >= 11 is 0. The topological polar surface area (TPSA) is 36.4 Å². The first-order valence-electron chi connectivity index (χ1n) is 10.5. The minimum atomic E-state index is -0.646. The fourth-order valence-corrected chi connectivity index (χ4v) is 4.27. The lowest BCUT2D eigenvalue weighted by molar-refractivity contribution is 0.0747. The van der Waals surface area contributed by atoms with Gasteiger partial charge in [0.25, 0.3) is 5.91 Å². The van der Waals surface area contributed by atoms with Crippen LogP contribution in [0.3, 0.4) is 0 Å². The number of piperazine rings is 1. The predicted octanol–water partition coefficient (Wildman–Crippen LogP) is 5.14. The summed E-state index contributed by atoms with van der Waals surface area (Å²) in [6, 6.07) is 20.3. The number of fused-ring (bicyclic) bond motifs is 1. The Morgan fingerprint density at radius 2 is 1.53 bits per heavy atom. The van der Waals surface area contributed by atoms with Gasteiger partial charge in [-0.05, 0) is 42.0 Å². The number of carbonyl (C=O) groups is 1. The SMILES string of the molecule is O=C(c1cccc(-c2c(F)cccc2F)c1)N1CCN(c2ccnc3ccccc23)CC1. The molecule has 0 spiro atoms. The maximum absolute atomic E-state index is 14.2. The zero-order valence-corrected chi connectivity index (χ0v) is 17.3. The summed E-state index contributed by atoms with van der Waals surface area (Å²) in [4.78, 5) is 21.6. The molecule has 160 valence electrons. The zero-order valence-electron chi connectivity index (χ0n) is 17.3. The van der Waals surface area contributed by atoms with Gasteiger partial charge in [0.05, 0.1) is 11.1 Å². The smallest absolute Gasteiger partial charge is 0.253 e. The molecule has 3 aromatic carbocycles. The summed E-state index contributed by atoms with van der Waals surface area (Å²) in [6.45, 7) is 2.52. The third kappa shape index (κ3) is 3.68. The molecule has 0 bridgehead atoms. The van der Waals surface area contributed by atoms with Gasteiger partial charge in [-0.1, -0.05) is 36.4 Å². The highest BCUT2D eigenvalue weighted by molar-refractivity contribution is 5.96. The van der Waals surface area contributed by atoms with Crippen LogP contribution in [0.5, 0.6) is 0 Å². The van der Waals surface area contributed by atoms with Crippen LogP contribution in [0.15, 0.2) is 79.0 Å². The van der Waals surface area contributed by atoms with E-state index in [0.29, 0.717) is 37.3 Å². The normalized spacial score (nSPS) is 14.1. The maximum Gasteiger partial charge on any atom is 0.253 e. The highest BCUT2D eigenvalue weighted by atomic mass is 19.1. The van der Waals surface area contributed by atoms with Crippen molar-refractivity contribution in [2.75, 3.05) is 31.1 Å². The molecule has 0 aliphatic carbocycles. The average molecular weight is 429 g/mol. The number of nitrogens with zero attached hydrogens (tertiary/aromatic N) is 3. The molecule has 1 fully saturated rings. The lowest BCUT2D eigenvalue weighted by Crippen LogP contribution is -2.48. The van der Waals surface area contributed by atoms with Crippen molar-refractivity contribution in [2.45, 2.75) is 0 Å². The van der Waals surface area contributed by atoms with E-state index in [0.717, 1.165) is 16.6 Å². The van der Waals surface area contributed by atoms with Crippen LogP contribution in [-0.2, 0) is 0 Å². The summed E-state index contributed by atoms with van der Waals surface area (Å²) in [7, 11) is 0. The lowest BCUT2D eigenvalue weighted by atomic mass is 10.0. The Bertz CT molecular complexity index is 1270. The van der Waals surface area contributed by atoms with E-state index in [1.165, 1.54) is 18.2 Å². The molecule has 0 N–H and O–H groups in total. The van der Waals surface area contributed by atoms with Gasteiger partial charge in [0.1, 0.15) is 11.6 Å². The third-order valence-corrected chi connectivity index (χ3v) is 5.89. The van der Waals surface area contributed by atoms with Crippen LogP contribution in [0.1, 0.15) is 10.4 Å². The summed E-state index contributed by atoms with van der Waals surface area (Å²) in [5, 5.41) is 1.09. The van der Waals surface area contributed by atoms with E-state index in [9.17, 15) is 13.6 Å². The van der Waals surface area contributed by atoms with Gasteiger partial charge in [-0.15, -0.1) is 0 Å². The van der Waals surface area contributed by atoms with Gasteiger partial charge < -0.3 is 9.80 Å². The number of para-hydroxylation sites is 1. The molecule has 1 aliphatic rings. The average Bonchev–Trinajstić information content (AvgIpc) is 2.83. The van der Waals surface area contributed by atoms with Gasteiger partial charge in [-0.2, -0.15) is 0 Å². The van der Waals surface area contributed by atoms with Crippen LogP contribution in [0, 0.1) is 11.6 Å². The van der Waals surface area contributed by atoms with Crippen molar-refractivity contribution in [3.05, 3.63) is 96.2 Å². The molecule has 1 saturated heterocycles. The van der Waals surface area contributed by atoms with Gasteiger partial charge in [0, 0.05) is 49.0 Å². The Labute approximate surface area is 184 Å². The van der Waals surface area contributed by atoms with Crippen molar-refractivity contribution in [3.8, 4) is 11.1 Å². The number of hydrogen-bond donors (Lipinski definition) is 0. The van der Waals surface area contributed by atoms with Gasteiger partial charge in [0.2, 0.25) is 0 Å². The first kappa shape index (κ1) is 20.1. The number of halogens is 2. The highest BCUT2D eigenvalue weighted by Crippen LogP contribution is 2.28. The number of amides is 1. The molecule has 4 nitrogen and oxygen atoms in total. The molecular weight excluding hydrogens is 408 g/mol. The van der Waals surface area contributed by atoms with Crippen molar-refractivity contribution in [1.82, 2.24) is 9.88 Å². The number of pyridine rings is 1. The van der Waals surface area contributed by atoms with Crippen LogP contribution < -0.4 is 4.90 Å². The van der Waals surface area contributed by atoms with Crippen LogP contribution in [0.4, 0.5) is 14.5 Å². The van der Waals surface area contributed by atoms with E-state index in [1.54, 1.807) is 29.2 Å². The van der Waals surface area contributed by atoms with Crippen molar-refractivity contribution >= 4 is 22.5 Å². The molecular formula is C26H21F2N3O. The fraction of sp³-hybridized carbons (Fsp3) is 0.154. The number of hydrogen-bond acceptors (Lipinski definition) is 3. The molecule has 5 rings (SSSR count). The molecule has 32 heavy (non-hydrogen) atoms. The molecule has 4 aromatic rings. The van der Waals surface area contributed by atoms with E-state index in [-0.39, 0.29) is 11.5 Å². The molecule has 1 aromatic heterocycles. The minimum absolute atomic E-state index is 0.114. The standard InChI is InChI=1S/C26H21F2N3O/c27-21-8-4-9-22(28)25(21)18-5-3-6-19(17-18)26(32)31-15-13-30(14-16-31)24-11-12-29-23-10-2-1-7-20(23)24/h1-12,17H,13-16H2. The van der Waals surface area contributed by atoms with Crippen molar-refractivity contribution in [3.63, 3.8) is 0 Å². The number of rotatable bonds is 3. The van der Waals surface area contributed by atoms with Gasteiger partial charge in [-0.25, -0.2) is 8.78 Å². The van der Waals surface area contributed by atoms with E-state index < -0.39 is 11.6 Å². The van der Waals surface area contributed by atoms with E-state index in [1.807, 2.05) is 30.5 Å². The minimum Gasteiger partial charge on any atom is -0.367 e. The predicted molar refractivity (Wildman–Crippen MR) is 122 cm³/mol. The zero-order chi connectivity index (χ0) is 22.1. The van der Waals surface area contributed by atoms with Crippen LogP contribution in [-0.4, -0.2) is 42.0 Å². The van der Waals surface area contributed by atoms with Crippen LogP contribution in [0.2, 0.25) is 0 Å². The largest absolute Gasteiger partial charge is 0.367 e. The van der Waals surface area contributed by atoms with Crippen LogP contribution in [0.25, 0.3) is 22.0 Å².